The fraction of sp³-hybridized carbons (Fsp3) is 0.854. The first-order valence-electron chi connectivity index (χ1n) is 20.0. The highest BCUT2D eigenvalue weighted by Crippen LogP contribution is 2.74. The van der Waals surface area contributed by atoms with Crippen molar-refractivity contribution in [3.63, 3.8) is 0 Å². The number of ether oxygens (including phenoxy) is 1. The average molecular weight is 701 g/mol. The highest BCUT2D eigenvalue weighted by molar-refractivity contribution is 5.88. The highest BCUT2D eigenvalue weighted by Gasteiger charge is 2.70. The maximum Gasteiger partial charge on any atom is 0.331 e. The summed E-state index contributed by atoms with van der Waals surface area (Å²) >= 11 is 0. The van der Waals surface area contributed by atoms with Gasteiger partial charge in [0.2, 0.25) is 0 Å². The Labute approximate surface area is 303 Å². The number of hydrogen-bond acceptors (Lipinski definition) is 8. The lowest BCUT2D eigenvalue weighted by molar-refractivity contribution is -0.227. The Bertz CT molecular complexity index is 1220. The number of carboxylic acids is 1. The molecular formula is C41H72N4O5. The van der Waals surface area contributed by atoms with E-state index in [-0.39, 0.29) is 34.1 Å². The average Bonchev–Trinajstić information content (AvgIpc) is 3.31. The number of nitrogens with one attached hydrogen (secondary N) is 3. The molecule has 9 heteroatoms. The number of unbranched alkanes of at least 4 members (excludes halogenated alkanes) is 1. The Morgan fingerprint density at radius 3 is 2.22 bits per heavy atom. The van der Waals surface area contributed by atoms with Gasteiger partial charge in [0, 0.05) is 18.5 Å². The molecule has 50 heavy (non-hydrogen) atoms. The van der Waals surface area contributed by atoms with Gasteiger partial charge in [-0.1, -0.05) is 39.3 Å². The van der Waals surface area contributed by atoms with Gasteiger partial charge in [0.1, 0.15) is 6.10 Å². The van der Waals surface area contributed by atoms with Crippen molar-refractivity contribution in [2.75, 3.05) is 39.3 Å². The molecule has 0 bridgehead atoms. The van der Waals surface area contributed by atoms with Gasteiger partial charge in [0.05, 0.1) is 6.10 Å². The second-order valence-corrected chi connectivity index (χ2v) is 17.3. The Morgan fingerprint density at radius 1 is 0.940 bits per heavy atom. The first-order valence-corrected chi connectivity index (χ1v) is 20.0. The number of carboxylic acid groups (broad SMARTS) is 1. The summed E-state index contributed by atoms with van der Waals surface area (Å²) in [6.07, 6.45) is 12.0. The van der Waals surface area contributed by atoms with Gasteiger partial charge in [-0.05, 0) is 176 Å². The van der Waals surface area contributed by atoms with Crippen molar-refractivity contribution in [2.45, 2.75) is 144 Å². The molecule has 10 atom stereocenters. The Balaban J connectivity index is 1.43. The molecule has 0 spiro atoms. The molecule has 7 N–H and O–H groups in total. The number of aliphatic hydroxyl groups is 1. The van der Waals surface area contributed by atoms with Crippen LogP contribution in [0.1, 0.15) is 126 Å². The van der Waals surface area contributed by atoms with Gasteiger partial charge in [0.15, 0.2) is 0 Å². The van der Waals surface area contributed by atoms with Crippen LogP contribution in [0.25, 0.3) is 0 Å². The van der Waals surface area contributed by atoms with Gasteiger partial charge in [-0.15, -0.1) is 0 Å². The second-order valence-electron chi connectivity index (χ2n) is 17.3. The van der Waals surface area contributed by atoms with Crippen molar-refractivity contribution < 1.29 is 24.5 Å². The summed E-state index contributed by atoms with van der Waals surface area (Å²) in [5.74, 6) is -0.314. The van der Waals surface area contributed by atoms with E-state index < -0.39 is 18.2 Å². The number of esters is 1. The predicted molar refractivity (Wildman–Crippen MR) is 202 cm³/mol. The molecule has 4 aliphatic rings. The summed E-state index contributed by atoms with van der Waals surface area (Å²) in [5, 5.41) is 33.7. The molecule has 1 unspecified atom stereocenters. The van der Waals surface area contributed by atoms with Crippen molar-refractivity contribution in [1.29, 1.82) is 0 Å². The van der Waals surface area contributed by atoms with Gasteiger partial charge < -0.3 is 36.6 Å². The first-order chi connectivity index (χ1) is 23.7. The van der Waals surface area contributed by atoms with Crippen LogP contribution >= 0.6 is 0 Å². The molecule has 4 rings (SSSR count). The van der Waals surface area contributed by atoms with Crippen LogP contribution in [0.15, 0.2) is 22.8 Å². The largest absolute Gasteiger partial charge is 0.478 e. The monoisotopic (exact) mass is 701 g/mol. The van der Waals surface area contributed by atoms with Crippen molar-refractivity contribution in [1.82, 2.24) is 16.0 Å². The van der Waals surface area contributed by atoms with Gasteiger partial charge in [-0.3, -0.25) is 4.79 Å². The van der Waals surface area contributed by atoms with E-state index in [0.29, 0.717) is 49.1 Å². The van der Waals surface area contributed by atoms with Gasteiger partial charge >= 0.3 is 11.9 Å². The van der Waals surface area contributed by atoms with Crippen LogP contribution in [-0.2, 0) is 14.3 Å². The number of allylic oxidation sites excluding steroid dienone is 2. The molecule has 0 aliphatic heterocycles. The zero-order valence-corrected chi connectivity index (χ0v) is 32.5. The maximum atomic E-state index is 12.8. The van der Waals surface area contributed by atoms with Crippen molar-refractivity contribution >= 4 is 11.9 Å². The predicted octanol–water partition coefficient (Wildman–Crippen LogP) is 5.96. The third-order valence-electron chi connectivity index (χ3n) is 14.1. The molecule has 0 saturated heterocycles. The second kappa shape index (κ2) is 17.8. The van der Waals surface area contributed by atoms with E-state index in [1.807, 2.05) is 13.8 Å². The Hall–Kier alpha value is -1.78. The van der Waals surface area contributed by atoms with E-state index in [9.17, 15) is 19.8 Å². The highest BCUT2D eigenvalue weighted by atomic mass is 16.5. The molecule has 4 aliphatic carbocycles. The summed E-state index contributed by atoms with van der Waals surface area (Å²) in [6.45, 7) is 21.0. The fourth-order valence-corrected chi connectivity index (χ4v) is 11.6. The molecule has 9 nitrogen and oxygen atoms in total. The molecule has 4 saturated carbocycles. The standard InChI is InChI=1S/C41H72N4O5/c1-27(2)13-10-14-30(38(48)49)36-32-25-34(47)37-39(5)17-16-33(45-24-12-23-44-21-9-8-20-43-22-11-19-42)28(3)31(39)15-18-40(37,6)41(32,7)26-35(36)50-29(4)46/h13,28,31-35,37,43-45,47H,8-12,14-26,42H2,1-7H3,(H,48,49)/b36-30-/t28-,31?,32+,33-,34+,35-,37+,39-,40-,41-/m0/s1. The third kappa shape index (κ3) is 8.70. The van der Waals surface area contributed by atoms with Crippen molar-refractivity contribution in [3.05, 3.63) is 22.8 Å². The van der Waals surface area contributed by atoms with Crippen molar-refractivity contribution in [2.24, 2.45) is 45.7 Å². The zero-order valence-electron chi connectivity index (χ0n) is 32.5. The van der Waals surface area contributed by atoms with Crippen LogP contribution in [0.3, 0.4) is 0 Å². The van der Waals surface area contributed by atoms with Crippen LogP contribution in [0.4, 0.5) is 0 Å². The molecule has 0 aromatic carbocycles. The third-order valence-corrected chi connectivity index (χ3v) is 14.1. The van der Waals surface area contributed by atoms with E-state index in [0.717, 1.165) is 88.9 Å². The van der Waals surface area contributed by atoms with Gasteiger partial charge in [0.25, 0.3) is 0 Å². The minimum Gasteiger partial charge on any atom is -0.478 e. The van der Waals surface area contributed by atoms with Crippen LogP contribution in [-0.4, -0.2) is 79.7 Å². The lowest BCUT2D eigenvalue weighted by atomic mass is 9.36. The summed E-state index contributed by atoms with van der Waals surface area (Å²) in [5.41, 5.74) is 7.32. The molecule has 0 radical (unpaired) electrons. The molecule has 4 fully saturated rings. The van der Waals surface area contributed by atoms with E-state index in [1.54, 1.807) is 0 Å². The minimum absolute atomic E-state index is 0.0127. The summed E-state index contributed by atoms with van der Waals surface area (Å²) < 4.78 is 5.98. The normalized spacial score (nSPS) is 37.3. The summed E-state index contributed by atoms with van der Waals surface area (Å²) in [6, 6.07) is 0.481. The molecule has 0 amide bonds. The van der Waals surface area contributed by atoms with Gasteiger partial charge in [-0.25, -0.2) is 4.79 Å². The van der Waals surface area contributed by atoms with Crippen LogP contribution in [0, 0.1) is 39.9 Å². The number of carbonyl (C=O) groups excluding carboxylic acids is 1. The number of nitrogens with two attached hydrogens (primary N) is 1. The molecule has 0 aromatic heterocycles. The molecule has 0 heterocycles. The van der Waals surface area contributed by atoms with E-state index in [2.05, 4.69) is 49.7 Å². The quantitative estimate of drug-likeness (QED) is 0.0441. The SMILES string of the molecule is CC(=O)O[C@H]1C[C@@]2(C)[C@H](C[C@@H](O)[C@@H]3[C@@]4(C)CC[C@H](NCCCNCCCCNCCCN)[C@@H](C)C4CC[C@@]32C)/C1=C(\CCC=C(C)C)C(=O)O. The fourth-order valence-electron chi connectivity index (χ4n) is 11.6. The number of aliphatic hydroxyl groups excluding tert-OH is 1. The van der Waals surface area contributed by atoms with E-state index >= 15 is 0 Å². The maximum absolute atomic E-state index is 12.8. The van der Waals surface area contributed by atoms with E-state index in [1.165, 1.54) is 19.8 Å². The molecular weight excluding hydrogens is 628 g/mol. The number of hydrogen-bond donors (Lipinski definition) is 6. The van der Waals surface area contributed by atoms with Crippen molar-refractivity contribution in [3.8, 4) is 0 Å². The summed E-state index contributed by atoms with van der Waals surface area (Å²) in [4.78, 5) is 25.2. The number of rotatable bonds is 18. The Kier molecular flexibility index (Phi) is 14.6. The minimum atomic E-state index is -0.932. The first kappa shape index (κ1) is 41.0. The van der Waals surface area contributed by atoms with Gasteiger partial charge in [-0.2, -0.15) is 0 Å². The zero-order chi connectivity index (χ0) is 36.7. The number of fused-ring (bicyclic) bond motifs is 5. The Morgan fingerprint density at radius 2 is 1.60 bits per heavy atom. The van der Waals surface area contributed by atoms with Crippen LogP contribution < -0.4 is 21.7 Å². The van der Waals surface area contributed by atoms with Crippen LogP contribution in [0.2, 0.25) is 0 Å². The smallest absolute Gasteiger partial charge is 0.331 e. The summed E-state index contributed by atoms with van der Waals surface area (Å²) in [7, 11) is 0. The lowest BCUT2D eigenvalue weighted by Crippen LogP contribution is -2.66. The van der Waals surface area contributed by atoms with Crippen LogP contribution in [0.5, 0.6) is 0 Å². The molecule has 0 aromatic rings. The number of aliphatic carboxylic acids is 1. The topological polar surface area (TPSA) is 146 Å². The lowest BCUT2D eigenvalue weighted by Gasteiger charge is -2.69. The van der Waals surface area contributed by atoms with E-state index in [4.69, 9.17) is 10.5 Å². The molecule has 286 valence electrons. The number of carbonyl (C=O) groups is 2.